The number of rotatable bonds is 4. The molecule has 0 aliphatic carbocycles. The second-order valence-electron chi connectivity index (χ2n) is 4.79. The fourth-order valence-electron chi connectivity index (χ4n) is 2.11. The van der Waals surface area contributed by atoms with Crippen LogP contribution in [-0.4, -0.2) is 9.78 Å². The second-order valence-corrected chi connectivity index (χ2v) is 4.79. The highest BCUT2D eigenvalue weighted by Crippen LogP contribution is 2.14. The Bertz CT molecular complexity index is 576. The number of hydrogen-bond acceptors (Lipinski definition) is 1. The predicted octanol–water partition coefficient (Wildman–Crippen LogP) is 3.13. The van der Waals surface area contributed by atoms with Gasteiger partial charge in [0.2, 0.25) is 0 Å². The van der Waals surface area contributed by atoms with Crippen LogP contribution in [0.2, 0.25) is 0 Å². The molecule has 0 aliphatic rings. The number of aromatic nitrogens is 2. The molecule has 0 spiro atoms. The summed E-state index contributed by atoms with van der Waals surface area (Å²) in [5, 5.41) is 2.92. The van der Waals surface area contributed by atoms with Crippen molar-refractivity contribution >= 4 is 0 Å². The van der Waals surface area contributed by atoms with Crippen molar-refractivity contribution in [1.29, 1.82) is 0 Å². The van der Waals surface area contributed by atoms with Gasteiger partial charge in [0, 0.05) is 11.3 Å². The first kappa shape index (κ1) is 12.7. The number of benzene rings is 1. The van der Waals surface area contributed by atoms with Gasteiger partial charge < -0.3 is 0 Å². The largest absolute Gasteiger partial charge is 0.268 e. The van der Waals surface area contributed by atoms with Crippen LogP contribution in [0.5, 0.6) is 0 Å². The number of H-pyrrole nitrogens is 1. The van der Waals surface area contributed by atoms with Gasteiger partial charge in [-0.3, -0.25) is 14.6 Å². The van der Waals surface area contributed by atoms with E-state index in [9.17, 15) is 4.79 Å². The maximum absolute atomic E-state index is 11.8. The van der Waals surface area contributed by atoms with E-state index >= 15 is 0 Å². The van der Waals surface area contributed by atoms with Gasteiger partial charge in [-0.15, -0.1) is 0 Å². The summed E-state index contributed by atoms with van der Waals surface area (Å²) in [4.78, 5) is 11.8. The van der Waals surface area contributed by atoms with Crippen molar-refractivity contribution in [2.75, 3.05) is 0 Å². The zero-order valence-corrected chi connectivity index (χ0v) is 11.3. The van der Waals surface area contributed by atoms with Gasteiger partial charge in [-0.05, 0) is 38.8 Å². The predicted molar refractivity (Wildman–Crippen MR) is 74.5 cm³/mol. The van der Waals surface area contributed by atoms with Crippen LogP contribution in [0.15, 0.2) is 29.1 Å². The standard InChI is InChI=1S/C15H20N2O/c1-4-5-6-14-12(3)15(18)16-17(14)13-9-7-11(2)8-10-13/h7-10H,4-6H2,1-3H3,(H,16,18). The van der Waals surface area contributed by atoms with E-state index in [0.717, 1.165) is 36.2 Å². The van der Waals surface area contributed by atoms with E-state index in [2.05, 4.69) is 31.1 Å². The summed E-state index contributed by atoms with van der Waals surface area (Å²) in [7, 11) is 0. The molecule has 0 saturated carbocycles. The maximum atomic E-state index is 11.8. The Labute approximate surface area is 107 Å². The zero-order chi connectivity index (χ0) is 13.1. The van der Waals surface area contributed by atoms with Crippen molar-refractivity contribution in [3.8, 4) is 5.69 Å². The molecular formula is C15H20N2O. The highest BCUT2D eigenvalue weighted by Gasteiger charge is 2.11. The molecule has 0 unspecified atom stereocenters. The van der Waals surface area contributed by atoms with E-state index in [-0.39, 0.29) is 5.56 Å². The second kappa shape index (κ2) is 5.25. The summed E-state index contributed by atoms with van der Waals surface area (Å²) >= 11 is 0. The lowest BCUT2D eigenvalue weighted by molar-refractivity contribution is 0.724. The van der Waals surface area contributed by atoms with Crippen molar-refractivity contribution in [3.05, 3.63) is 51.4 Å². The molecule has 0 fully saturated rings. The highest BCUT2D eigenvalue weighted by atomic mass is 16.1. The number of unbranched alkanes of at least 4 members (excludes halogenated alkanes) is 1. The molecular weight excluding hydrogens is 224 g/mol. The van der Waals surface area contributed by atoms with Crippen LogP contribution in [0, 0.1) is 13.8 Å². The van der Waals surface area contributed by atoms with Gasteiger partial charge in [-0.1, -0.05) is 31.0 Å². The van der Waals surface area contributed by atoms with Crippen molar-refractivity contribution in [1.82, 2.24) is 9.78 Å². The van der Waals surface area contributed by atoms with Crippen molar-refractivity contribution in [2.24, 2.45) is 0 Å². The summed E-state index contributed by atoms with van der Waals surface area (Å²) in [6, 6.07) is 8.21. The van der Waals surface area contributed by atoms with Crippen molar-refractivity contribution in [2.45, 2.75) is 40.0 Å². The van der Waals surface area contributed by atoms with Gasteiger partial charge in [0.25, 0.3) is 5.56 Å². The lowest BCUT2D eigenvalue weighted by Crippen LogP contribution is -2.05. The fourth-order valence-corrected chi connectivity index (χ4v) is 2.11. The summed E-state index contributed by atoms with van der Waals surface area (Å²) in [6.45, 7) is 6.12. The molecule has 18 heavy (non-hydrogen) atoms. The molecule has 2 rings (SSSR count). The minimum absolute atomic E-state index is 0.0154. The Hall–Kier alpha value is -1.77. The average molecular weight is 244 g/mol. The van der Waals surface area contributed by atoms with E-state index in [1.54, 1.807) is 0 Å². The van der Waals surface area contributed by atoms with E-state index in [1.165, 1.54) is 5.56 Å². The van der Waals surface area contributed by atoms with Crippen LogP contribution in [-0.2, 0) is 6.42 Å². The number of aromatic amines is 1. The Morgan fingerprint density at radius 2 is 1.83 bits per heavy atom. The minimum Gasteiger partial charge on any atom is -0.268 e. The van der Waals surface area contributed by atoms with E-state index < -0.39 is 0 Å². The summed E-state index contributed by atoms with van der Waals surface area (Å²) < 4.78 is 1.92. The SMILES string of the molecule is CCCCc1c(C)c(=O)[nH]n1-c1ccc(C)cc1. The molecule has 1 aromatic heterocycles. The van der Waals surface area contributed by atoms with Gasteiger partial charge >= 0.3 is 0 Å². The van der Waals surface area contributed by atoms with Crippen LogP contribution in [0.1, 0.15) is 36.6 Å². The Kier molecular flexibility index (Phi) is 3.70. The summed E-state index contributed by atoms with van der Waals surface area (Å²) in [6.07, 6.45) is 3.17. The molecule has 0 amide bonds. The third kappa shape index (κ3) is 2.40. The number of nitrogens with zero attached hydrogens (tertiary/aromatic N) is 1. The lowest BCUT2D eigenvalue weighted by atomic mass is 10.1. The van der Waals surface area contributed by atoms with E-state index in [4.69, 9.17) is 0 Å². The molecule has 96 valence electrons. The average Bonchev–Trinajstić information content (AvgIpc) is 2.64. The third-order valence-corrected chi connectivity index (χ3v) is 3.32. The molecule has 1 aromatic carbocycles. The zero-order valence-electron chi connectivity index (χ0n) is 11.3. The molecule has 0 aliphatic heterocycles. The first-order chi connectivity index (χ1) is 8.63. The van der Waals surface area contributed by atoms with Crippen LogP contribution in [0.3, 0.4) is 0 Å². The smallest absolute Gasteiger partial charge is 0.267 e. The molecule has 0 saturated heterocycles. The van der Waals surface area contributed by atoms with E-state index in [1.807, 2.05) is 23.7 Å². The van der Waals surface area contributed by atoms with Crippen molar-refractivity contribution in [3.63, 3.8) is 0 Å². The highest BCUT2D eigenvalue weighted by molar-refractivity contribution is 5.36. The van der Waals surface area contributed by atoms with Crippen LogP contribution >= 0.6 is 0 Å². The van der Waals surface area contributed by atoms with E-state index in [0.29, 0.717) is 0 Å². The summed E-state index contributed by atoms with van der Waals surface area (Å²) in [5.41, 5.74) is 4.20. The summed E-state index contributed by atoms with van der Waals surface area (Å²) in [5.74, 6) is 0. The van der Waals surface area contributed by atoms with Crippen molar-refractivity contribution < 1.29 is 0 Å². The van der Waals surface area contributed by atoms with Crippen LogP contribution < -0.4 is 5.56 Å². The van der Waals surface area contributed by atoms with Gasteiger partial charge in [-0.25, -0.2) is 0 Å². The fraction of sp³-hybridized carbons (Fsp3) is 0.400. The van der Waals surface area contributed by atoms with Gasteiger partial charge in [0.1, 0.15) is 0 Å². The molecule has 1 heterocycles. The van der Waals surface area contributed by atoms with Crippen LogP contribution in [0.25, 0.3) is 5.69 Å². The topological polar surface area (TPSA) is 37.8 Å². The van der Waals surface area contributed by atoms with Gasteiger partial charge in [0.05, 0.1) is 5.69 Å². The molecule has 3 heteroatoms. The third-order valence-electron chi connectivity index (χ3n) is 3.32. The maximum Gasteiger partial charge on any atom is 0.267 e. The first-order valence-electron chi connectivity index (χ1n) is 6.51. The quantitative estimate of drug-likeness (QED) is 0.881. The number of nitrogens with one attached hydrogen (secondary N) is 1. The first-order valence-corrected chi connectivity index (χ1v) is 6.51. The minimum atomic E-state index is 0.0154. The van der Waals surface area contributed by atoms with Gasteiger partial charge in [-0.2, -0.15) is 0 Å². The Morgan fingerprint density at radius 1 is 1.17 bits per heavy atom. The number of hydrogen-bond donors (Lipinski definition) is 1. The molecule has 3 nitrogen and oxygen atoms in total. The van der Waals surface area contributed by atoms with Gasteiger partial charge in [0.15, 0.2) is 0 Å². The molecule has 2 aromatic rings. The molecule has 0 radical (unpaired) electrons. The molecule has 0 bridgehead atoms. The Morgan fingerprint density at radius 3 is 2.44 bits per heavy atom. The molecule has 1 N–H and O–H groups in total. The monoisotopic (exact) mass is 244 g/mol. The lowest BCUT2D eigenvalue weighted by Gasteiger charge is -2.09. The van der Waals surface area contributed by atoms with Crippen LogP contribution in [0.4, 0.5) is 0 Å². The molecule has 0 atom stereocenters. The normalized spacial score (nSPS) is 10.8. The Balaban J connectivity index is 2.46. The number of aryl methyl sites for hydroxylation is 1.